The van der Waals surface area contributed by atoms with Crippen LogP contribution >= 0.6 is 15.9 Å². The first-order valence-electron chi connectivity index (χ1n) is 7.12. The fourth-order valence-corrected chi connectivity index (χ4v) is 2.92. The van der Waals surface area contributed by atoms with Gasteiger partial charge in [-0.1, -0.05) is 29.8 Å². The Kier molecular flexibility index (Phi) is 5.08. The molecule has 0 radical (unpaired) electrons. The third-order valence-corrected chi connectivity index (χ3v) is 4.27. The van der Waals surface area contributed by atoms with Crippen molar-refractivity contribution in [3.05, 3.63) is 28.7 Å². The van der Waals surface area contributed by atoms with E-state index in [4.69, 9.17) is 4.74 Å². The molecule has 1 aromatic carbocycles. The van der Waals surface area contributed by atoms with Crippen LogP contribution in [-0.4, -0.2) is 18.6 Å². The topological polar surface area (TPSA) is 38.3 Å². The van der Waals surface area contributed by atoms with E-state index >= 15 is 0 Å². The molecule has 1 N–H and O–H groups in total. The van der Waals surface area contributed by atoms with Crippen LogP contribution in [0.5, 0.6) is 5.75 Å². The zero-order valence-corrected chi connectivity index (χ0v) is 13.7. The number of carbonyl (C=O) groups is 1. The van der Waals surface area contributed by atoms with Crippen LogP contribution < -0.4 is 10.1 Å². The Hall–Kier alpha value is -1.03. The van der Waals surface area contributed by atoms with Crippen LogP contribution in [-0.2, 0) is 4.79 Å². The Bertz CT molecular complexity index is 456. The Morgan fingerprint density at radius 2 is 2.10 bits per heavy atom. The molecule has 0 aromatic heterocycles. The van der Waals surface area contributed by atoms with Crippen molar-refractivity contribution < 1.29 is 9.53 Å². The van der Waals surface area contributed by atoms with Crippen LogP contribution in [0.1, 0.15) is 39.5 Å². The van der Waals surface area contributed by atoms with Gasteiger partial charge < -0.3 is 10.1 Å². The van der Waals surface area contributed by atoms with Crippen molar-refractivity contribution in [2.24, 2.45) is 5.41 Å². The van der Waals surface area contributed by atoms with Gasteiger partial charge >= 0.3 is 0 Å². The van der Waals surface area contributed by atoms with Gasteiger partial charge in [-0.25, -0.2) is 0 Å². The first kappa shape index (κ1) is 15.4. The molecule has 1 aliphatic carbocycles. The lowest BCUT2D eigenvalue weighted by atomic mass is 9.92. The summed E-state index contributed by atoms with van der Waals surface area (Å²) < 4.78 is 6.58. The van der Waals surface area contributed by atoms with Crippen LogP contribution in [0.4, 0.5) is 0 Å². The van der Waals surface area contributed by atoms with Gasteiger partial charge in [-0.05, 0) is 48.9 Å². The summed E-state index contributed by atoms with van der Waals surface area (Å²) in [6, 6.07) is 7.97. The molecule has 1 unspecified atom stereocenters. The highest BCUT2D eigenvalue weighted by atomic mass is 79.9. The second-order valence-electron chi connectivity index (χ2n) is 6.22. The molecule has 0 saturated heterocycles. The van der Waals surface area contributed by atoms with Gasteiger partial charge in [0.1, 0.15) is 5.75 Å². The van der Waals surface area contributed by atoms with Crippen molar-refractivity contribution in [1.29, 1.82) is 0 Å². The van der Waals surface area contributed by atoms with E-state index in [0.29, 0.717) is 24.5 Å². The zero-order valence-electron chi connectivity index (χ0n) is 12.1. The van der Waals surface area contributed by atoms with Gasteiger partial charge in [0, 0.05) is 10.5 Å². The largest absolute Gasteiger partial charge is 0.493 e. The summed E-state index contributed by atoms with van der Waals surface area (Å²) in [6.45, 7) is 4.94. The number of benzene rings is 1. The number of amides is 1. The number of nitrogens with one attached hydrogen (secondary N) is 1. The summed E-state index contributed by atoms with van der Waals surface area (Å²) in [5.74, 6) is 0.882. The predicted octanol–water partition coefficient (Wildman–Crippen LogP) is 3.91. The van der Waals surface area contributed by atoms with Crippen molar-refractivity contribution in [3.8, 4) is 5.75 Å². The second-order valence-corrected chi connectivity index (χ2v) is 7.14. The average molecular weight is 340 g/mol. The molecule has 0 bridgehead atoms. The number of hydrogen-bond acceptors (Lipinski definition) is 2. The highest BCUT2D eigenvalue weighted by Crippen LogP contribution is 2.36. The van der Waals surface area contributed by atoms with E-state index < -0.39 is 0 Å². The fraction of sp³-hybridized carbons (Fsp3) is 0.562. The minimum Gasteiger partial charge on any atom is -0.493 e. The lowest BCUT2D eigenvalue weighted by Gasteiger charge is -2.17. The van der Waals surface area contributed by atoms with Crippen LogP contribution in [0.15, 0.2) is 28.7 Å². The third-order valence-electron chi connectivity index (χ3n) is 3.75. The minimum absolute atomic E-state index is 0.0878. The van der Waals surface area contributed by atoms with E-state index in [2.05, 4.69) is 35.1 Å². The summed E-state index contributed by atoms with van der Waals surface area (Å²) in [5, 5.41) is 3.10. The SMILES string of the molecule is CC1(C)CCC(NC(=O)CCOc2ccc(Br)cc2)C1. The second kappa shape index (κ2) is 6.61. The molecule has 1 amide bonds. The summed E-state index contributed by atoms with van der Waals surface area (Å²) in [7, 11) is 0. The Morgan fingerprint density at radius 3 is 2.70 bits per heavy atom. The van der Waals surface area contributed by atoms with Crippen molar-refractivity contribution >= 4 is 21.8 Å². The van der Waals surface area contributed by atoms with Gasteiger partial charge in [-0.15, -0.1) is 0 Å². The van der Waals surface area contributed by atoms with Crippen LogP contribution in [0.3, 0.4) is 0 Å². The standard InChI is InChI=1S/C16H22BrNO2/c1-16(2)9-7-13(11-16)18-15(19)8-10-20-14-5-3-12(17)4-6-14/h3-6,13H,7-11H2,1-2H3,(H,18,19). The first-order valence-corrected chi connectivity index (χ1v) is 7.92. The van der Waals surface area contributed by atoms with Crippen molar-refractivity contribution in [3.63, 3.8) is 0 Å². The maximum absolute atomic E-state index is 11.9. The zero-order chi connectivity index (χ0) is 14.6. The predicted molar refractivity (Wildman–Crippen MR) is 83.8 cm³/mol. The molecule has 1 saturated carbocycles. The monoisotopic (exact) mass is 339 g/mol. The Balaban J connectivity index is 1.67. The van der Waals surface area contributed by atoms with Gasteiger partial charge in [-0.2, -0.15) is 0 Å². The van der Waals surface area contributed by atoms with E-state index in [-0.39, 0.29) is 5.91 Å². The van der Waals surface area contributed by atoms with E-state index in [1.54, 1.807) is 0 Å². The van der Waals surface area contributed by atoms with Crippen molar-refractivity contribution in [2.45, 2.75) is 45.6 Å². The lowest BCUT2D eigenvalue weighted by Crippen LogP contribution is -2.34. The number of ether oxygens (including phenoxy) is 1. The summed E-state index contributed by atoms with van der Waals surface area (Å²) in [5.41, 5.74) is 0.367. The molecule has 20 heavy (non-hydrogen) atoms. The van der Waals surface area contributed by atoms with E-state index in [1.165, 1.54) is 6.42 Å². The maximum Gasteiger partial charge on any atom is 0.223 e. The molecule has 0 spiro atoms. The van der Waals surface area contributed by atoms with Crippen molar-refractivity contribution in [2.75, 3.05) is 6.61 Å². The Morgan fingerprint density at radius 1 is 1.40 bits per heavy atom. The normalized spacial score (nSPS) is 20.6. The third kappa shape index (κ3) is 4.82. The number of rotatable bonds is 5. The van der Waals surface area contributed by atoms with Crippen LogP contribution in [0.2, 0.25) is 0 Å². The molecular weight excluding hydrogens is 318 g/mol. The quantitative estimate of drug-likeness (QED) is 0.882. The molecule has 110 valence electrons. The van der Waals surface area contributed by atoms with Crippen LogP contribution in [0.25, 0.3) is 0 Å². The van der Waals surface area contributed by atoms with Gasteiger partial charge in [-0.3, -0.25) is 4.79 Å². The van der Waals surface area contributed by atoms with Gasteiger partial charge in [0.2, 0.25) is 5.91 Å². The Labute approximate surface area is 129 Å². The first-order chi connectivity index (χ1) is 9.44. The molecule has 1 aromatic rings. The molecule has 1 aliphatic rings. The summed E-state index contributed by atoms with van der Waals surface area (Å²) in [6.07, 6.45) is 3.76. The molecule has 0 aliphatic heterocycles. The highest BCUT2D eigenvalue weighted by Gasteiger charge is 2.31. The van der Waals surface area contributed by atoms with E-state index in [9.17, 15) is 4.79 Å². The van der Waals surface area contributed by atoms with E-state index in [1.807, 2.05) is 24.3 Å². The maximum atomic E-state index is 11.9. The minimum atomic E-state index is 0.0878. The van der Waals surface area contributed by atoms with Crippen molar-refractivity contribution in [1.82, 2.24) is 5.32 Å². The molecule has 0 heterocycles. The van der Waals surface area contributed by atoms with E-state index in [0.717, 1.165) is 23.1 Å². The van der Waals surface area contributed by atoms with Gasteiger partial charge in [0.05, 0.1) is 13.0 Å². The lowest BCUT2D eigenvalue weighted by molar-refractivity contribution is -0.122. The van der Waals surface area contributed by atoms with Gasteiger partial charge in [0.15, 0.2) is 0 Å². The average Bonchev–Trinajstić information content (AvgIpc) is 2.71. The number of halogens is 1. The molecule has 1 atom stereocenters. The molecule has 1 fully saturated rings. The molecule has 4 heteroatoms. The summed E-state index contributed by atoms with van der Waals surface area (Å²) >= 11 is 3.38. The van der Waals surface area contributed by atoms with Crippen LogP contribution in [0, 0.1) is 5.41 Å². The smallest absolute Gasteiger partial charge is 0.223 e. The highest BCUT2D eigenvalue weighted by molar-refractivity contribution is 9.10. The van der Waals surface area contributed by atoms with Gasteiger partial charge in [0.25, 0.3) is 0 Å². The molecule has 3 nitrogen and oxygen atoms in total. The molecule has 2 rings (SSSR count). The number of hydrogen-bond donors (Lipinski definition) is 1. The number of carbonyl (C=O) groups excluding carboxylic acids is 1. The summed E-state index contributed by atoms with van der Waals surface area (Å²) in [4.78, 5) is 11.9. The molecular formula is C16H22BrNO2. The fourth-order valence-electron chi connectivity index (χ4n) is 2.65.